The first kappa shape index (κ1) is 12.2. The van der Waals surface area contributed by atoms with Gasteiger partial charge in [0.05, 0.1) is 5.25 Å². The normalized spacial score (nSPS) is 53.9. The molecule has 4 heteroatoms. The van der Waals surface area contributed by atoms with Crippen LogP contribution in [0.4, 0.5) is 0 Å². The molecule has 2 nitrogen and oxygen atoms in total. The molecule has 4 unspecified atom stereocenters. The molecule has 0 aromatic heterocycles. The van der Waals surface area contributed by atoms with Gasteiger partial charge in [-0.25, -0.2) is 4.21 Å². The number of allylic oxidation sites excluding steroid dienone is 2. The molecule has 0 spiro atoms. The standard InChI is InChI=1S/C13H21ClO2S/c1-4-17(3,15,16)12-10-6-5-8-9(11(8)14)7-13(10,12)2/h5-6,8-12H,4,7H2,1-3H3,(H,15,16)/t8?,9-,10+,11?,12?,13?/m0/s1. The molecule has 0 aliphatic heterocycles. The van der Waals surface area contributed by atoms with Crippen molar-refractivity contribution in [1.82, 2.24) is 0 Å². The van der Waals surface area contributed by atoms with E-state index in [0.29, 0.717) is 17.6 Å². The summed E-state index contributed by atoms with van der Waals surface area (Å²) in [6.45, 7) is 3.99. The Hall–Kier alpha value is 0.140. The third-order valence-corrected chi connectivity index (χ3v) is 9.48. The third-order valence-electron chi connectivity index (χ3n) is 5.33. The smallest absolute Gasteiger partial charge is 0.0578 e. The summed E-state index contributed by atoms with van der Waals surface area (Å²) >= 11 is 6.22. The SMILES string of the molecule is CCS(C)(=O)(O)C1[C@H]2C=CC3C(Cl)[C@H]3CC12C. The summed E-state index contributed by atoms with van der Waals surface area (Å²) in [6.07, 6.45) is 6.94. The molecule has 1 N–H and O–H groups in total. The molecular weight excluding hydrogens is 256 g/mol. The van der Waals surface area contributed by atoms with Crippen LogP contribution < -0.4 is 0 Å². The van der Waals surface area contributed by atoms with Crippen LogP contribution in [0.2, 0.25) is 0 Å². The number of alkyl halides is 1. The highest BCUT2D eigenvalue weighted by Crippen LogP contribution is 2.70. The lowest BCUT2D eigenvalue weighted by Crippen LogP contribution is -2.41. The Kier molecular flexibility index (Phi) is 2.15. The molecule has 0 saturated heterocycles. The minimum atomic E-state index is -3.46. The van der Waals surface area contributed by atoms with E-state index in [1.807, 2.05) is 6.92 Å². The van der Waals surface area contributed by atoms with E-state index in [2.05, 4.69) is 19.1 Å². The zero-order chi connectivity index (χ0) is 12.7. The molecule has 0 heterocycles. The molecule has 0 aromatic carbocycles. The van der Waals surface area contributed by atoms with Gasteiger partial charge in [0.2, 0.25) is 0 Å². The first-order valence-corrected chi connectivity index (χ1v) is 9.38. The van der Waals surface area contributed by atoms with Crippen LogP contribution in [0.5, 0.6) is 0 Å². The molecule has 3 rings (SSSR count). The average molecular weight is 277 g/mol. The van der Waals surface area contributed by atoms with Gasteiger partial charge in [0.25, 0.3) is 0 Å². The Morgan fingerprint density at radius 2 is 2.18 bits per heavy atom. The largest absolute Gasteiger partial charge is 0.303 e. The maximum Gasteiger partial charge on any atom is 0.0578 e. The number of fused-ring (bicyclic) bond motifs is 2. The summed E-state index contributed by atoms with van der Waals surface area (Å²) in [5.74, 6) is 1.70. The minimum Gasteiger partial charge on any atom is -0.303 e. The van der Waals surface area contributed by atoms with Gasteiger partial charge in [-0.05, 0) is 30.6 Å². The average Bonchev–Trinajstić information content (AvgIpc) is 3.00. The molecule has 0 radical (unpaired) electrons. The van der Waals surface area contributed by atoms with Gasteiger partial charge in [-0.3, -0.25) is 0 Å². The van der Waals surface area contributed by atoms with E-state index in [0.717, 1.165) is 6.42 Å². The predicted molar refractivity (Wildman–Crippen MR) is 73.0 cm³/mol. The molecule has 3 aliphatic rings. The van der Waals surface area contributed by atoms with Gasteiger partial charge >= 0.3 is 0 Å². The van der Waals surface area contributed by atoms with Gasteiger partial charge < -0.3 is 4.55 Å². The second-order valence-electron chi connectivity index (χ2n) is 6.58. The van der Waals surface area contributed by atoms with E-state index in [1.54, 1.807) is 6.26 Å². The van der Waals surface area contributed by atoms with Crippen LogP contribution in [0.25, 0.3) is 0 Å². The highest BCUT2D eigenvalue weighted by Gasteiger charge is 2.71. The molecule has 0 aromatic rings. The van der Waals surface area contributed by atoms with Crippen molar-refractivity contribution in [3.8, 4) is 0 Å². The van der Waals surface area contributed by atoms with Crippen molar-refractivity contribution < 1.29 is 8.76 Å². The summed E-state index contributed by atoms with van der Waals surface area (Å²) in [7, 11) is -3.46. The number of hydrogen-bond donors (Lipinski definition) is 1. The Morgan fingerprint density at radius 1 is 1.53 bits per heavy atom. The van der Waals surface area contributed by atoms with Crippen molar-refractivity contribution in [2.45, 2.75) is 30.9 Å². The van der Waals surface area contributed by atoms with Gasteiger partial charge in [-0.1, -0.05) is 19.1 Å². The van der Waals surface area contributed by atoms with Gasteiger partial charge in [0.1, 0.15) is 0 Å². The first-order chi connectivity index (χ1) is 7.69. The fourth-order valence-corrected chi connectivity index (χ4v) is 7.50. The van der Waals surface area contributed by atoms with Crippen LogP contribution in [-0.2, 0) is 9.35 Å². The fourth-order valence-electron chi connectivity index (χ4n) is 3.99. The van der Waals surface area contributed by atoms with E-state index in [4.69, 9.17) is 11.6 Å². The van der Waals surface area contributed by atoms with Crippen molar-refractivity contribution in [2.24, 2.45) is 23.2 Å². The van der Waals surface area contributed by atoms with Crippen LogP contribution in [0, 0.1) is 23.2 Å². The van der Waals surface area contributed by atoms with Crippen molar-refractivity contribution in [3.63, 3.8) is 0 Å². The third kappa shape index (κ3) is 1.52. The fraction of sp³-hybridized carbons (Fsp3) is 0.846. The van der Waals surface area contributed by atoms with E-state index in [1.165, 1.54) is 0 Å². The van der Waals surface area contributed by atoms with Gasteiger partial charge in [-0.2, -0.15) is 9.35 Å². The zero-order valence-corrected chi connectivity index (χ0v) is 12.2. The molecule has 6 atom stereocenters. The van der Waals surface area contributed by atoms with E-state index >= 15 is 0 Å². The van der Waals surface area contributed by atoms with Gasteiger partial charge in [0.15, 0.2) is 0 Å². The lowest BCUT2D eigenvalue weighted by molar-refractivity contribution is 0.443. The lowest BCUT2D eigenvalue weighted by Gasteiger charge is -2.40. The molecule has 17 heavy (non-hydrogen) atoms. The maximum absolute atomic E-state index is 12.7. The van der Waals surface area contributed by atoms with Gasteiger partial charge in [-0.15, -0.1) is 11.6 Å². The highest BCUT2D eigenvalue weighted by atomic mass is 35.5. The van der Waals surface area contributed by atoms with E-state index in [9.17, 15) is 8.76 Å². The quantitative estimate of drug-likeness (QED) is 0.622. The van der Waals surface area contributed by atoms with Crippen LogP contribution in [0.1, 0.15) is 20.3 Å². The van der Waals surface area contributed by atoms with Crippen LogP contribution in [0.3, 0.4) is 0 Å². The highest BCUT2D eigenvalue weighted by molar-refractivity contribution is 8.15. The van der Waals surface area contributed by atoms with Crippen molar-refractivity contribution in [2.75, 3.05) is 12.0 Å². The summed E-state index contributed by atoms with van der Waals surface area (Å²) in [4.78, 5) is 0. The van der Waals surface area contributed by atoms with Crippen LogP contribution >= 0.6 is 11.6 Å². The van der Waals surface area contributed by atoms with Crippen LogP contribution in [0.15, 0.2) is 12.2 Å². The Labute approximate surface area is 108 Å². The summed E-state index contributed by atoms with van der Waals surface area (Å²) in [5.41, 5.74) is 0.00266. The zero-order valence-electron chi connectivity index (χ0n) is 10.6. The second-order valence-corrected chi connectivity index (χ2v) is 11.3. The number of hydrogen-bond acceptors (Lipinski definition) is 1. The maximum atomic E-state index is 12.7. The first-order valence-electron chi connectivity index (χ1n) is 6.38. The Balaban J connectivity index is 1.92. The molecule has 98 valence electrons. The molecule has 2 saturated carbocycles. The van der Waals surface area contributed by atoms with E-state index in [-0.39, 0.29) is 22.0 Å². The lowest BCUT2D eigenvalue weighted by atomic mass is 9.99. The molecule has 3 aliphatic carbocycles. The van der Waals surface area contributed by atoms with Crippen molar-refractivity contribution in [3.05, 3.63) is 12.2 Å². The summed E-state index contributed by atoms with van der Waals surface area (Å²) in [6, 6.07) is 0. The van der Waals surface area contributed by atoms with E-state index < -0.39 is 9.35 Å². The topological polar surface area (TPSA) is 37.3 Å². The second kappa shape index (κ2) is 3.00. The molecule has 0 amide bonds. The number of halogens is 1. The Morgan fingerprint density at radius 3 is 2.76 bits per heavy atom. The Bertz CT molecular complexity index is 466. The number of rotatable bonds is 2. The molecule has 0 bridgehead atoms. The minimum absolute atomic E-state index is 0.00266. The van der Waals surface area contributed by atoms with Crippen LogP contribution in [-0.4, -0.2) is 31.4 Å². The summed E-state index contributed by atoms with van der Waals surface area (Å²) in [5, 5.41) is 0.198. The summed E-state index contributed by atoms with van der Waals surface area (Å²) < 4.78 is 23.2. The molecular formula is C13H21ClO2S. The molecule has 2 fully saturated rings. The van der Waals surface area contributed by atoms with Gasteiger partial charge in [0, 0.05) is 23.3 Å². The van der Waals surface area contributed by atoms with Crippen molar-refractivity contribution >= 4 is 20.9 Å². The van der Waals surface area contributed by atoms with Crippen molar-refractivity contribution in [1.29, 1.82) is 0 Å². The monoisotopic (exact) mass is 276 g/mol. The predicted octanol–water partition coefficient (Wildman–Crippen LogP) is 2.75.